The van der Waals surface area contributed by atoms with Crippen molar-refractivity contribution < 1.29 is 12.8 Å². The minimum absolute atomic E-state index is 0.148. The molecule has 166 valence electrons. The lowest BCUT2D eigenvalue weighted by Crippen LogP contribution is -2.50. The van der Waals surface area contributed by atoms with Gasteiger partial charge >= 0.3 is 0 Å². The maximum absolute atomic E-state index is 15.4. The third-order valence-corrected chi connectivity index (χ3v) is 8.20. The Morgan fingerprint density at radius 3 is 2.61 bits per heavy atom. The van der Waals surface area contributed by atoms with Crippen LogP contribution >= 0.6 is 0 Å². The molecule has 31 heavy (non-hydrogen) atoms. The molecule has 1 N–H and O–H groups in total. The van der Waals surface area contributed by atoms with Crippen LogP contribution in [-0.2, 0) is 16.4 Å². The first kappa shape index (κ1) is 20.8. The lowest BCUT2D eigenvalue weighted by atomic mass is 9.45. The van der Waals surface area contributed by atoms with E-state index >= 15 is 4.39 Å². The number of benzene rings is 1. The van der Waals surface area contributed by atoms with Gasteiger partial charge in [-0.1, -0.05) is 30.6 Å². The summed E-state index contributed by atoms with van der Waals surface area (Å²) in [6.07, 6.45) is 6.89. The molecule has 2 bridgehead atoms. The second-order valence-corrected chi connectivity index (χ2v) is 11.6. The predicted molar refractivity (Wildman–Crippen MR) is 119 cm³/mol. The average molecular weight is 444 g/mol. The van der Waals surface area contributed by atoms with Gasteiger partial charge in [0.05, 0.1) is 23.7 Å². The van der Waals surface area contributed by atoms with Gasteiger partial charge in [0.1, 0.15) is 5.82 Å². The Bertz CT molecular complexity index is 1050. The molecule has 0 amide bonds. The van der Waals surface area contributed by atoms with Gasteiger partial charge in [0, 0.05) is 31.1 Å². The van der Waals surface area contributed by atoms with Crippen molar-refractivity contribution in [2.75, 3.05) is 25.9 Å². The second kappa shape index (κ2) is 7.53. The highest BCUT2D eigenvalue weighted by Gasteiger charge is 2.55. The molecule has 0 spiro atoms. The SMILES string of the molecule is C=C(N1CCC1)N1CCC(NS(C)(=O)=O)C1Cc1cccc(C#CC23CC(C2)C3)c1F. The Labute approximate surface area is 184 Å². The lowest BCUT2D eigenvalue weighted by molar-refractivity contribution is -0.0506. The van der Waals surface area contributed by atoms with Gasteiger partial charge in [0.25, 0.3) is 0 Å². The van der Waals surface area contributed by atoms with E-state index in [0.717, 1.165) is 50.5 Å². The first-order valence-electron chi connectivity index (χ1n) is 11.2. The third kappa shape index (κ3) is 3.96. The van der Waals surface area contributed by atoms with E-state index in [1.807, 2.05) is 6.07 Å². The summed E-state index contributed by atoms with van der Waals surface area (Å²) in [5.74, 6) is 7.91. The number of sulfonamides is 1. The Morgan fingerprint density at radius 1 is 1.29 bits per heavy atom. The van der Waals surface area contributed by atoms with Crippen molar-refractivity contribution in [3.05, 3.63) is 47.5 Å². The van der Waals surface area contributed by atoms with Crippen LogP contribution in [0.2, 0.25) is 0 Å². The van der Waals surface area contributed by atoms with Crippen LogP contribution < -0.4 is 4.72 Å². The fourth-order valence-corrected chi connectivity index (χ4v) is 6.31. The lowest BCUT2D eigenvalue weighted by Gasteiger charge is -2.58. The molecule has 1 aromatic rings. The van der Waals surface area contributed by atoms with E-state index < -0.39 is 10.0 Å². The monoisotopic (exact) mass is 443 g/mol. The topological polar surface area (TPSA) is 52.6 Å². The quantitative estimate of drug-likeness (QED) is 0.687. The Hall–Kier alpha value is -2.04. The van der Waals surface area contributed by atoms with E-state index in [1.165, 1.54) is 6.26 Å². The molecule has 3 aliphatic carbocycles. The van der Waals surface area contributed by atoms with Crippen LogP contribution in [-0.4, -0.2) is 56.2 Å². The predicted octanol–water partition coefficient (Wildman–Crippen LogP) is 2.69. The molecule has 6 rings (SSSR count). The number of hydrogen-bond acceptors (Lipinski definition) is 4. The molecule has 5 fully saturated rings. The minimum Gasteiger partial charge on any atom is -0.359 e. The highest BCUT2D eigenvalue weighted by molar-refractivity contribution is 7.88. The van der Waals surface area contributed by atoms with E-state index in [-0.39, 0.29) is 23.3 Å². The summed E-state index contributed by atoms with van der Waals surface area (Å²) in [7, 11) is -3.37. The van der Waals surface area contributed by atoms with Crippen molar-refractivity contribution in [2.45, 2.75) is 50.6 Å². The normalized spacial score (nSPS) is 31.2. The van der Waals surface area contributed by atoms with Gasteiger partial charge in [-0.15, -0.1) is 0 Å². The Balaban J connectivity index is 1.39. The van der Waals surface area contributed by atoms with Crippen LogP contribution in [0.25, 0.3) is 0 Å². The van der Waals surface area contributed by atoms with Crippen molar-refractivity contribution >= 4 is 10.0 Å². The molecule has 5 aliphatic rings. The summed E-state index contributed by atoms with van der Waals surface area (Å²) in [4.78, 5) is 4.36. The minimum atomic E-state index is -3.37. The molecular formula is C24H30FN3O2S. The van der Waals surface area contributed by atoms with Gasteiger partial charge in [0.15, 0.2) is 0 Å². The smallest absolute Gasteiger partial charge is 0.209 e. The molecule has 0 radical (unpaired) electrons. The maximum atomic E-state index is 15.4. The van der Waals surface area contributed by atoms with Gasteiger partial charge in [-0.2, -0.15) is 0 Å². The molecule has 1 aromatic carbocycles. The molecule has 3 saturated carbocycles. The van der Waals surface area contributed by atoms with E-state index in [2.05, 4.69) is 32.9 Å². The standard InChI is InChI=1S/C24H30FN3O2S/c1-17(27-10-4-11-27)28-12-8-21(26-31(2,29)30)22(28)13-20-6-3-5-19(23(20)25)7-9-24-14-18(15-24)16-24/h3,5-6,18,21-22,26H,1,4,8,10-16H2,2H3. The Morgan fingerprint density at radius 2 is 2.03 bits per heavy atom. The van der Waals surface area contributed by atoms with E-state index in [9.17, 15) is 8.42 Å². The van der Waals surface area contributed by atoms with Crippen molar-refractivity contribution in [2.24, 2.45) is 11.3 Å². The number of rotatable bonds is 6. The second-order valence-electron chi connectivity index (χ2n) is 9.79. The molecule has 0 aromatic heterocycles. The number of hydrogen-bond donors (Lipinski definition) is 1. The molecule has 2 saturated heterocycles. The number of halogens is 1. The van der Waals surface area contributed by atoms with Crippen LogP contribution in [0.5, 0.6) is 0 Å². The summed E-state index contributed by atoms with van der Waals surface area (Å²) in [5, 5.41) is 0. The maximum Gasteiger partial charge on any atom is 0.209 e. The zero-order valence-corrected chi connectivity index (χ0v) is 18.8. The summed E-state index contributed by atoms with van der Waals surface area (Å²) in [5.41, 5.74) is 1.17. The highest BCUT2D eigenvalue weighted by Crippen LogP contribution is 2.63. The fraction of sp³-hybridized carbons (Fsp3) is 0.583. The van der Waals surface area contributed by atoms with Gasteiger partial charge in [-0.25, -0.2) is 17.5 Å². The molecule has 5 nitrogen and oxygen atoms in total. The van der Waals surface area contributed by atoms with Crippen LogP contribution in [0.4, 0.5) is 4.39 Å². The molecular weight excluding hydrogens is 413 g/mol. The zero-order chi connectivity index (χ0) is 21.8. The van der Waals surface area contributed by atoms with Crippen LogP contribution in [0.1, 0.15) is 43.2 Å². The molecule has 2 unspecified atom stereocenters. The Kier molecular flexibility index (Phi) is 5.06. The van der Waals surface area contributed by atoms with E-state index in [1.54, 1.807) is 12.1 Å². The molecule has 7 heteroatoms. The van der Waals surface area contributed by atoms with Crippen molar-refractivity contribution in [1.29, 1.82) is 0 Å². The summed E-state index contributed by atoms with van der Waals surface area (Å²) < 4.78 is 42.0. The highest BCUT2D eigenvalue weighted by atomic mass is 32.2. The summed E-state index contributed by atoms with van der Waals surface area (Å²) in [6, 6.07) is 4.94. The third-order valence-electron chi connectivity index (χ3n) is 7.47. The van der Waals surface area contributed by atoms with Gasteiger partial charge in [-0.3, -0.25) is 0 Å². The molecule has 2 heterocycles. The average Bonchev–Trinajstić information content (AvgIpc) is 2.94. The fourth-order valence-electron chi connectivity index (χ4n) is 5.49. The number of nitrogens with zero attached hydrogens (tertiary/aromatic N) is 2. The first-order valence-corrected chi connectivity index (χ1v) is 13.1. The van der Waals surface area contributed by atoms with Gasteiger partial charge < -0.3 is 9.80 Å². The van der Waals surface area contributed by atoms with Crippen molar-refractivity contribution in [3.63, 3.8) is 0 Å². The largest absolute Gasteiger partial charge is 0.359 e. The van der Waals surface area contributed by atoms with Crippen LogP contribution in [0, 0.1) is 29.0 Å². The van der Waals surface area contributed by atoms with Crippen LogP contribution in [0.15, 0.2) is 30.6 Å². The molecule has 2 atom stereocenters. The summed E-state index contributed by atoms with van der Waals surface area (Å²) >= 11 is 0. The van der Waals surface area contributed by atoms with Gasteiger partial charge in [0.2, 0.25) is 10.0 Å². The number of nitrogens with one attached hydrogen (secondary N) is 1. The zero-order valence-electron chi connectivity index (χ0n) is 18.0. The summed E-state index contributed by atoms with van der Waals surface area (Å²) in [6.45, 7) is 6.90. The van der Waals surface area contributed by atoms with Gasteiger partial charge in [-0.05, 0) is 56.1 Å². The van der Waals surface area contributed by atoms with Crippen molar-refractivity contribution in [1.82, 2.24) is 14.5 Å². The van der Waals surface area contributed by atoms with E-state index in [0.29, 0.717) is 30.5 Å². The van der Waals surface area contributed by atoms with E-state index in [4.69, 9.17) is 0 Å². The molecule has 2 aliphatic heterocycles. The van der Waals surface area contributed by atoms with Crippen LogP contribution in [0.3, 0.4) is 0 Å². The number of likely N-dealkylation sites (tertiary alicyclic amines) is 2. The van der Waals surface area contributed by atoms with Crippen molar-refractivity contribution in [3.8, 4) is 11.8 Å². The first-order chi connectivity index (χ1) is 14.7.